The second-order valence-corrected chi connectivity index (χ2v) is 8.30. The molecule has 17 heavy (non-hydrogen) atoms. The van der Waals surface area contributed by atoms with Crippen molar-refractivity contribution in [3.05, 3.63) is 0 Å². The Morgan fingerprint density at radius 3 is 1.35 bits per heavy atom. The number of hydrogen-bond acceptors (Lipinski definition) is 4. The first-order valence-corrected chi connectivity index (χ1v) is 11.6. The van der Waals surface area contributed by atoms with E-state index in [1.54, 1.807) is 8.87 Å². The van der Waals surface area contributed by atoms with Crippen molar-refractivity contribution >= 4 is 43.7 Å². The van der Waals surface area contributed by atoms with E-state index in [0.717, 1.165) is 0 Å². The second-order valence-electron chi connectivity index (χ2n) is 2.98. The van der Waals surface area contributed by atoms with Gasteiger partial charge < -0.3 is 9.11 Å². The van der Waals surface area contributed by atoms with Crippen LogP contribution in [0.25, 0.3) is 0 Å². The summed E-state index contributed by atoms with van der Waals surface area (Å²) in [5, 5.41) is 8.06. The minimum absolute atomic E-state index is 0.149. The fourth-order valence-electron chi connectivity index (χ4n) is 0.729. The minimum Gasteiger partial charge on any atom is -0.760 e. The molecule has 0 aliphatic carbocycles. The van der Waals surface area contributed by atoms with E-state index in [2.05, 4.69) is 24.1 Å². The van der Waals surface area contributed by atoms with Crippen molar-refractivity contribution in [3.63, 3.8) is 0 Å². The first kappa shape index (κ1) is 23.1. The van der Waals surface area contributed by atoms with Gasteiger partial charge in [-0.2, -0.15) is 0 Å². The molecule has 2 atom stereocenters. The molecule has 0 spiro atoms. The topological polar surface area (TPSA) is 132 Å². The van der Waals surface area contributed by atoms with Gasteiger partial charge in [0.05, 0.1) is 0 Å². The maximum atomic E-state index is 8.78. The summed E-state index contributed by atoms with van der Waals surface area (Å²) in [5.74, 6) is 0. The van der Waals surface area contributed by atoms with E-state index in [9.17, 15) is 0 Å². The number of hydrogen-bond donors (Lipinski definition) is 2. The quantitative estimate of drug-likeness (QED) is 0.389. The van der Waals surface area contributed by atoms with Gasteiger partial charge in [-0.3, -0.25) is 18.7 Å². The first-order chi connectivity index (χ1) is 7.88. The fraction of sp³-hybridized carbons (Fsp3) is 1.00. The van der Waals surface area contributed by atoms with Crippen molar-refractivity contribution in [1.29, 1.82) is 0 Å². The summed E-state index contributed by atoms with van der Waals surface area (Å²) in [4.78, 5) is 0. The Hall–Kier alpha value is 0.939. The van der Waals surface area contributed by atoms with Gasteiger partial charge in [0, 0.05) is 22.5 Å². The average molecular weight is 393 g/mol. The van der Waals surface area contributed by atoms with Gasteiger partial charge in [0.15, 0.2) is 0 Å². The molecular weight excluding hydrogens is 371 g/mol. The van der Waals surface area contributed by atoms with Gasteiger partial charge in [-0.25, -0.2) is 0 Å². The van der Waals surface area contributed by atoms with Crippen LogP contribution in [0.2, 0.25) is 8.87 Å². The Balaban J connectivity index is -0.000000205. The van der Waals surface area contributed by atoms with Gasteiger partial charge in [-0.1, -0.05) is 0 Å². The third-order valence-electron chi connectivity index (χ3n) is 1.41. The third kappa shape index (κ3) is 78.5. The normalized spacial score (nSPS) is 12.1. The monoisotopic (exact) mass is 394 g/mol. The molecule has 6 nitrogen and oxygen atoms in total. The molecule has 4 N–H and O–H groups in total. The van der Waals surface area contributed by atoms with Crippen molar-refractivity contribution < 1.29 is 17.5 Å². The van der Waals surface area contributed by atoms with Crippen LogP contribution in [0.5, 0.6) is 0 Å². The fourth-order valence-corrected chi connectivity index (χ4v) is 4.89. The minimum atomic E-state index is -2.36. The van der Waals surface area contributed by atoms with Crippen LogP contribution < -0.4 is 10.3 Å². The van der Waals surface area contributed by atoms with Crippen LogP contribution in [0.4, 0.5) is 0 Å². The third-order valence-corrected chi connectivity index (χ3v) is 5.45. The van der Waals surface area contributed by atoms with Crippen LogP contribution >= 0.6 is 0 Å². The molecule has 0 aromatic rings. The summed E-state index contributed by atoms with van der Waals surface area (Å²) in [6.07, 6.45) is 5.84. The van der Waals surface area contributed by atoms with Crippen molar-refractivity contribution in [2.75, 3.05) is 0 Å². The van der Waals surface area contributed by atoms with Crippen LogP contribution in [0, 0.1) is 0 Å². The zero-order valence-electron chi connectivity index (χ0n) is 10.3. The summed E-state index contributed by atoms with van der Waals surface area (Å²) in [5.41, 5.74) is 0. The first-order valence-electron chi connectivity index (χ1n) is 5.26. The van der Waals surface area contributed by atoms with Gasteiger partial charge in [0.2, 0.25) is 0 Å². The van der Waals surface area contributed by atoms with Crippen LogP contribution in [0.3, 0.4) is 0 Å². The Morgan fingerprint density at radius 1 is 0.941 bits per heavy atom. The second kappa shape index (κ2) is 22.1. The molecule has 0 aromatic carbocycles. The number of rotatable bonds is 6. The molecule has 0 saturated carbocycles. The summed E-state index contributed by atoms with van der Waals surface area (Å²) >= 11 is -4.57. The van der Waals surface area contributed by atoms with Crippen molar-refractivity contribution in [1.82, 2.24) is 0 Å². The van der Waals surface area contributed by atoms with E-state index < -0.39 is 22.5 Å². The van der Waals surface area contributed by atoms with Gasteiger partial charge in [-0.05, 0) is 0 Å². The van der Waals surface area contributed by atoms with Gasteiger partial charge >= 0.3 is 69.5 Å². The maximum absolute atomic E-state index is 8.78. The van der Waals surface area contributed by atoms with Gasteiger partial charge in [0.1, 0.15) is 0 Å². The molecule has 0 heterocycles. The molecule has 104 valence electrons. The van der Waals surface area contributed by atoms with Gasteiger partial charge in [-0.15, -0.1) is 0 Å². The Bertz CT molecular complexity index is 161. The van der Waals surface area contributed by atoms with E-state index in [0.29, 0.717) is 0 Å². The SMILES string of the molecule is CCC[CH2][Sn+2][CH2]CCC.NS(=O)[O-].NS(=O)[O-]. The summed E-state index contributed by atoms with van der Waals surface area (Å²) < 4.78 is 38.4. The predicted molar refractivity (Wildman–Crippen MR) is 71.4 cm³/mol. The Kier molecular flexibility index (Phi) is 30.0. The number of unbranched alkanes of at least 4 members (excludes halogenated alkanes) is 2. The molecule has 0 amide bonds. The van der Waals surface area contributed by atoms with E-state index in [1.165, 1.54) is 25.7 Å². The molecule has 9 heteroatoms. The van der Waals surface area contributed by atoms with E-state index in [-0.39, 0.29) is 21.1 Å². The molecule has 0 radical (unpaired) electrons. The summed E-state index contributed by atoms with van der Waals surface area (Å²) in [7, 11) is 0. The molecule has 0 aliphatic heterocycles. The van der Waals surface area contributed by atoms with Crippen LogP contribution in [-0.2, 0) is 22.5 Å². The van der Waals surface area contributed by atoms with Crippen molar-refractivity contribution in [2.45, 2.75) is 48.4 Å². The van der Waals surface area contributed by atoms with E-state index in [4.69, 9.17) is 17.5 Å². The molecule has 2 unspecified atom stereocenters. The number of nitrogens with two attached hydrogens (primary N) is 2. The van der Waals surface area contributed by atoms with Gasteiger partial charge in [0.25, 0.3) is 0 Å². The Morgan fingerprint density at radius 2 is 1.18 bits per heavy atom. The maximum Gasteiger partial charge on any atom is 0.0152 e. The van der Waals surface area contributed by atoms with E-state index in [1.807, 2.05) is 0 Å². The molecule has 0 fully saturated rings. The molecular formula is C8H22N2O4S2Sn. The Labute approximate surface area is 119 Å². The standard InChI is InChI=1S/2C4H9.2H3NO2S.Sn/c2*1-3-4-2;2*1-4(2)3;/h2*1,3-4H2,2H3;2*1H2,(H,2,3);/q;;;;+2/p-2. The predicted octanol–water partition coefficient (Wildman–Crippen LogP) is 0.606. The molecule has 0 aromatic heterocycles. The zero-order valence-corrected chi connectivity index (χ0v) is 14.8. The molecule has 0 saturated heterocycles. The van der Waals surface area contributed by atoms with Crippen LogP contribution in [-0.4, -0.2) is 38.7 Å². The molecule has 0 bridgehead atoms. The smallest absolute Gasteiger partial charge is 0.0152 e. The largest absolute Gasteiger partial charge is 0.760 e. The molecule has 0 aliphatic rings. The van der Waals surface area contributed by atoms with Crippen molar-refractivity contribution in [2.24, 2.45) is 10.3 Å². The van der Waals surface area contributed by atoms with E-state index >= 15 is 0 Å². The summed E-state index contributed by atoms with van der Waals surface area (Å²) in [6.45, 7) is 4.58. The van der Waals surface area contributed by atoms with Crippen molar-refractivity contribution in [3.8, 4) is 0 Å². The molecule has 0 rings (SSSR count). The zero-order chi connectivity index (χ0) is 14.1. The summed E-state index contributed by atoms with van der Waals surface area (Å²) in [6, 6.07) is 0. The average Bonchev–Trinajstić information content (AvgIpc) is 2.16. The van der Waals surface area contributed by atoms with Crippen LogP contribution in [0.15, 0.2) is 0 Å². The van der Waals surface area contributed by atoms with Crippen LogP contribution in [0.1, 0.15) is 39.5 Å².